The predicted octanol–water partition coefficient (Wildman–Crippen LogP) is 3.23. The van der Waals surface area contributed by atoms with Gasteiger partial charge in [-0.3, -0.25) is 0 Å². The number of ether oxygens (including phenoxy) is 1. The third kappa shape index (κ3) is 3.42. The van der Waals surface area contributed by atoms with Crippen LogP contribution in [0.5, 0.6) is 5.75 Å². The Morgan fingerprint density at radius 1 is 1.33 bits per heavy atom. The molecule has 1 aromatic carbocycles. The fraction of sp³-hybridized carbons (Fsp3) is 0.600. The van der Waals surface area contributed by atoms with Crippen molar-refractivity contribution in [3.05, 3.63) is 29.8 Å². The number of benzene rings is 1. The van der Waals surface area contributed by atoms with Crippen molar-refractivity contribution in [1.29, 1.82) is 0 Å². The van der Waals surface area contributed by atoms with Crippen molar-refractivity contribution in [1.82, 2.24) is 0 Å². The maximum atomic E-state index is 9.34. The summed E-state index contributed by atoms with van der Waals surface area (Å²) in [6, 6.07) is 8.15. The zero-order valence-corrected chi connectivity index (χ0v) is 12.0. The Morgan fingerprint density at radius 3 is 2.61 bits per heavy atom. The summed E-state index contributed by atoms with van der Waals surface area (Å²) < 4.78 is 5.97. The summed E-state index contributed by atoms with van der Waals surface area (Å²) in [4.78, 5) is 0. The molecule has 100 valence electrons. The van der Waals surface area contributed by atoms with E-state index in [4.69, 9.17) is 4.74 Å². The average Bonchev–Trinajstić information content (AvgIpc) is 2.40. The molecular weight excluding hydrogens is 244 g/mol. The third-order valence-corrected chi connectivity index (χ3v) is 4.64. The zero-order chi connectivity index (χ0) is 13.0. The average molecular weight is 266 g/mol. The molecule has 2 rings (SSSR count). The van der Waals surface area contributed by atoms with E-state index in [0.29, 0.717) is 6.10 Å². The van der Waals surface area contributed by atoms with Gasteiger partial charge in [0.1, 0.15) is 11.9 Å². The summed E-state index contributed by atoms with van der Waals surface area (Å²) in [6.07, 6.45) is 2.78. The van der Waals surface area contributed by atoms with Gasteiger partial charge in [0.25, 0.3) is 0 Å². The van der Waals surface area contributed by atoms with E-state index >= 15 is 0 Å². The second kappa shape index (κ2) is 5.98. The van der Waals surface area contributed by atoms with Gasteiger partial charge in [-0.25, -0.2) is 0 Å². The summed E-state index contributed by atoms with van der Waals surface area (Å²) >= 11 is 1.98. The molecule has 1 heterocycles. The number of aliphatic hydroxyl groups excluding tert-OH is 1. The molecule has 0 bridgehead atoms. The number of rotatable bonds is 4. The van der Waals surface area contributed by atoms with E-state index in [2.05, 4.69) is 12.1 Å². The van der Waals surface area contributed by atoms with Gasteiger partial charge in [-0.1, -0.05) is 26.0 Å². The molecule has 1 aromatic rings. The second-order valence-electron chi connectivity index (χ2n) is 5.52. The molecule has 1 unspecified atom stereocenters. The fourth-order valence-corrected chi connectivity index (χ4v) is 3.11. The van der Waals surface area contributed by atoms with Crippen LogP contribution in [-0.2, 0) is 5.41 Å². The van der Waals surface area contributed by atoms with Gasteiger partial charge in [0.2, 0.25) is 0 Å². The SMILES string of the molecule is CC(C)(CO)c1ccc(OC2CCCSC2)cc1. The Labute approximate surface area is 114 Å². The van der Waals surface area contributed by atoms with Gasteiger partial charge in [-0.15, -0.1) is 0 Å². The summed E-state index contributed by atoms with van der Waals surface area (Å²) in [5.41, 5.74) is 0.967. The molecule has 0 amide bonds. The molecule has 0 saturated carbocycles. The normalized spacial score (nSPS) is 20.7. The van der Waals surface area contributed by atoms with E-state index in [0.717, 1.165) is 23.5 Å². The van der Waals surface area contributed by atoms with E-state index in [-0.39, 0.29) is 12.0 Å². The lowest BCUT2D eigenvalue weighted by molar-refractivity contribution is 0.209. The molecule has 1 aliphatic rings. The minimum atomic E-state index is -0.181. The van der Waals surface area contributed by atoms with E-state index in [1.165, 1.54) is 12.2 Å². The van der Waals surface area contributed by atoms with Gasteiger partial charge >= 0.3 is 0 Å². The summed E-state index contributed by atoms with van der Waals surface area (Å²) in [5.74, 6) is 3.31. The monoisotopic (exact) mass is 266 g/mol. The number of hydrogen-bond donors (Lipinski definition) is 1. The van der Waals surface area contributed by atoms with Crippen LogP contribution in [0.3, 0.4) is 0 Å². The van der Waals surface area contributed by atoms with Gasteiger partial charge in [-0.05, 0) is 36.3 Å². The highest BCUT2D eigenvalue weighted by Crippen LogP contribution is 2.26. The molecule has 2 nitrogen and oxygen atoms in total. The minimum Gasteiger partial charge on any atom is -0.490 e. The Morgan fingerprint density at radius 2 is 2.06 bits per heavy atom. The highest BCUT2D eigenvalue weighted by molar-refractivity contribution is 7.99. The lowest BCUT2D eigenvalue weighted by atomic mass is 9.86. The Hall–Kier alpha value is -0.670. The van der Waals surface area contributed by atoms with Crippen LogP contribution in [0.25, 0.3) is 0 Å². The molecule has 0 spiro atoms. The largest absolute Gasteiger partial charge is 0.490 e. The van der Waals surface area contributed by atoms with Crippen molar-refractivity contribution in [2.75, 3.05) is 18.1 Å². The van der Waals surface area contributed by atoms with E-state index in [1.54, 1.807) is 0 Å². The number of hydrogen-bond acceptors (Lipinski definition) is 3. The quantitative estimate of drug-likeness (QED) is 0.907. The summed E-state index contributed by atoms with van der Waals surface area (Å²) in [7, 11) is 0. The first-order valence-corrected chi connectivity index (χ1v) is 7.73. The minimum absolute atomic E-state index is 0.159. The molecule has 0 aliphatic carbocycles. The first-order valence-electron chi connectivity index (χ1n) is 6.57. The van der Waals surface area contributed by atoms with E-state index in [9.17, 15) is 5.11 Å². The van der Waals surface area contributed by atoms with E-state index in [1.807, 2.05) is 37.7 Å². The molecule has 1 atom stereocenters. The van der Waals surface area contributed by atoms with Crippen molar-refractivity contribution >= 4 is 11.8 Å². The predicted molar refractivity (Wildman–Crippen MR) is 77.5 cm³/mol. The molecule has 1 saturated heterocycles. The topological polar surface area (TPSA) is 29.5 Å². The van der Waals surface area contributed by atoms with Crippen LogP contribution in [0, 0.1) is 0 Å². The molecule has 0 aromatic heterocycles. The molecule has 3 heteroatoms. The number of aliphatic hydroxyl groups is 1. The van der Waals surface area contributed by atoms with Gasteiger partial charge in [-0.2, -0.15) is 11.8 Å². The van der Waals surface area contributed by atoms with Crippen LogP contribution in [-0.4, -0.2) is 29.3 Å². The van der Waals surface area contributed by atoms with Crippen molar-refractivity contribution < 1.29 is 9.84 Å². The zero-order valence-electron chi connectivity index (χ0n) is 11.2. The van der Waals surface area contributed by atoms with Gasteiger partial charge in [0, 0.05) is 11.2 Å². The van der Waals surface area contributed by atoms with Crippen LogP contribution in [0.4, 0.5) is 0 Å². The highest BCUT2D eigenvalue weighted by Gasteiger charge is 2.20. The fourth-order valence-electron chi connectivity index (χ4n) is 2.07. The van der Waals surface area contributed by atoms with Crippen LogP contribution in [0.15, 0.2) is 24.3 Å². The van der Waals surface area contributed by atoms with Crippen LogP contribution in [0.1, 0.15) is 32.3 Å². The Balaban J connectivity index is 1.99. The van der Waals surface area contributed by atoms with Crippen molar-refractivity contribution in [3.63, 3.8) is 0 Å². The Bertz CT molecular complexity index is 367. The first-order chi connectivity index (χ1) is 8.62. The second-order valence-corrected chi connectivity index (χ2v) is 6.67. The standard InChI is InChI=1S/C15H22O2S/c1-15(2,11-16)12-5-7-13(8-6-12)17-14-4-3-9-18-10-14/h5-8,14,16H,3-4,9-11H2,1-2H3. The molecule has 0 radical (unpaired) electrons. The van der Waals surface area contributed by atoms with Crippen molar-refractivity contribution in [2.45, 2.75) is 38.2 Å². The van der Waals surface area contributed by atoms with Gasteiger partial charge in [0.15, 0.2) is 0 Å². The van der Waals surface area contributed by atoms with Crippen molar-refractivity contribution in [3.8, 4) is 5.75 Å². The molecule has 1 aliphatic heterocycles. The molecule has 1 N–H and O–H groups in total. The van der Waals surface area contributed by atoms with Gasteiger partial charge < -0.3 is 9.84 Å². The van der Waals surface area contributed by atoms with Crippen LogP contribution in [0.2, 0.25) is 0 Å². The maximum Gasteiger partial charge on any atom is 0.119 e. The summed E-state index contributed by atoms with van der Waals surface area (Å²) in [6.45, 7) is 4.24. The van der Waals surface area contributed by atoms with Crippen molar-refractivity contribution in [2.24, 2.45) is 0 Å². The van der Waals surface area contributed by atoms with Crippen LogP contribution < -0.4 is 4.74 Å². The molecule has 18 heavy (non-hydrogen) atoms. The van der Waals surface area contributed by atoms with Crippen LogP contribution >= 0.6 is 11.8 Å². The highest BCUT2D eigenvalue weighted by atomic mass is 32.2. The lowest BCUT2D eigenvalue weighted by Crippen LogP contribution is -2.24. The van der Waals surface area contributed by atoms with Gasteiger partial charge in [0.05, 0.1) is 6.61 Å². The number of thioether (sulfide) groups is 1. The summed E-state index contributed by atoms with van der Waals surface area (Å²) in [5, 5.41) is 9.34. The molecule has 1 fully saturated rings. The first kappa shape index (κ1) is 13.8. The molecular formula is C15H22O2S. The Kier molecular flexibility index (Phi) is 4.57. The lowest BCUT2D eigenvalue weighted by Gasteiger charge is -2.24. The third-order valence-electron chi connectivity index (χ3n) is 3.45. The maximum absolute atomic E-state index is 9.34. The van der Waals surface area contributed by atoms with E-state index < -0.39 is 0 Å². The smallest absolute Gasteiger partial charge is 0.119 e.